The summed E-state index contributed by atoms with van der Waals surface area (Å²) >= 11 is 3.39. The molecular formula is C19H13OS2+. The topological polar surface area (TPSA) is 11.3 Å². The van der Waals surface area contributed by atoms with Gasteiger partial charge in [0.1, 0.15) is 9.75 Å². The number of hydrogen-bond donors (Lipinski definition) is 0. The molecule has 3 heterocycles. The predicted molar refractivity (Wildman–Crippen MR) is 95.2 cm³/mol. The first-order valence-electron chi connectivity index (χ1n) is 7.01. The predicted octanol–water partition coefficient (Wildman–Crippen LogP) is 6.68. The summed E-state index contributed by atoms with van der Waals surface area (Å²) in [6.45, 7) is 0. The van der Waals surface area contributed by atoms with Crippen LogP contribution in [0.4, 0.5) is 0 Å². The van der Waals surface area contributed by atoms with Crippen molar-refractivity contribution in [3.05, 3.63) is 77.5 Å². The first kappa shape index (κ1) is 13.4. The van der Waals surface area contributed by atoms with Crippen LogP contribution >= 0.6 is 22.7 Å². The van der Waals surface area contributed by atoms with Gasteiger partial charge in [0.15, 0.2) is 0 Å². The zero-order valence-electron chi connectivity index (χ0n) is 11.7. The number of thiophene rings is 2. The van der Waals surface area contributed by atoms with Gasteiger partial charge in [-0.05, 0) is 28.5 Å². The molecule has 0 N–H and O–H groups in total. The first-order valence-corrected chi connectivity index (χ1v) is 8.77. The molecule has 1 nitrogen and oxygen atoms in total. The summed E-state index contributed by atoms with van der Waals surface area (Å²) in [4.78, 5) is 2.30. The third-order valence-electron chi connectivity index (χ3n) is 3.43. The van der Waals surface area contributed by atoms with Crippen LogP contribution in [0.1, 0.15) is 0 Å². The highest BCUT2D eigenvalue weighted by atomic mass is 32.1. The second-order valence-electron chi connectivity index (χ2n) is 4.90. The van der Waals surface area contributed by atoms with E-state index in [0.717, 1.165) is 21.3 Å². The molecule has 1 aromatic carbocycles. The van der Waals surface area contributed by atoms with E-state index in [1.165, 1.54) is 11.1 Å². The fourth-order valence-electron chi connectivity index (χ4n) is 2.38. The van der Waals surface area contributed by atoms with Crippen molar-refractivity contribution in [2.45, 2.75) is 0 Å². The molecule has 0 aliphatic rings. The lowest BCUT2D eigenvalue weighted by Crippen LogP contribution is -1.83. The number of hydrogen-bond acceptors (Lipinski definition) is 2. The van der Waals surface area contributed by atoms with Crippen molar-refractivity contribution in [2.24, 2.45) is 0 Å². The molecule has 3 heteroatoms. The molecule has 0 radical (unpaired) electrons. The van der Waals surface area contributed by atoms with Gasteiger partial charge < -0.3 is 0 Å². The van der Waals surface area contributed by atoms with Crippen LogP contribution in [0.3, 0.4) is 0 Å². The molecule has 4 rings (SSSR count). The molecule has 0 bridgehead atoms. The summed E-state index contributed by atoms with van der Waals surface area (Å²) in [5.74, 6) is 1.83. The van der Waals surface area contributed by atoms with Crippen molar-refractivity contribution in [2.75, 3.05) is 0 Å². The largest absolute Gasteiger partial charge is 0.371 e. The van der Waals surface area contributed by atoms with Crippen LogP contribution in [0, 0.1) is 0 Å². The lowest BCUT2D eigenvalue weighted by Gasteiger charge is -2.00. The Balaban J connectivity index is 1.91. The molecule has 0 atom stereocenters. The van der Waals surface area contributed by atoms with Crippen molar-refractivity contribution in [3.8, 4) is 32.4 Å². The Morgan fingerprint density at radius 1 is 0.591 bits per heavy atom. The normalized spacial score (nSPS) is 10.7. The maximum absolute atomic E-state index is 6.15. The van der Waals surface area contributed by atoms with Gasteiger partial charge in [-0.1, -0.05) is 42.5 Å². The van der Waals surface area contributed by atoms with Gasteiger partial charge in [-0.3, -0.25) is 0 Å². The molecule has 22 heavy (non-hydrogen) atoms. The Kier molecular flexibility index (Phi) is 3.59. The molecular weight excluding hydrogens is 308 g/mol. The molecule has 106 valence electrons. The van der Waals surface area contributed by atoms with Gasteiger partial charge in [0, 0.05) is 5.56 Å². The quantitative estimate of drug-likeness (QED) is 0.383. The Bertz CT molecular complexity index is 811. The molecule has 0 saturated carbocycles. The lowest BCUT2D eigenvalue weighted by molar-refractivity contribution is 0.585. The maximum atomic E-state index is 6.15. The van der Waals surface area contributed by atoms with Crippen molar-refractivity contribution in [1.82, 2.24) is 0 Å². The third kappa shape index (κ3) is 2.61. The van der Waals surface area contributed by atoms with Gasteiger partial charge in [0.25, 0.3) is 0 Å². The van der Waals surface area contributed by atoms with Crippen molar-refractivity contribution in [3.63, 3.8) is 0 Å². The Hall–Kier alpha value is -2.23. The average molecular weight is 321 g/mol. The SMILES string of the molecule is c1ccc(-c2cc(-c3cccs3)[o+]c(-c3cccs3)c2)cc1. The van der Waals surface area contributed by atoms with Crippen molar-refractivity contribution in [1.29, 1.82) is 0 Å². The zero-order valence-corrected chi connectivity index (χ0v) is 13.4. The molecule has 4 aromatic rings. The minimum atomic E-state index is 0.916. The van der Waals surface area contributed by atoms with E-state index in [9.17, 15) is 0 Å². The second kappa shape index (κ2) is 5.87. The molecule has 0 amide bonds. The molecule has 0 saturated heterocycles. The van der Waals surface area contributed by atoms with Gasteiger partial charge in [0.2, 0.25) is 0 Å². The minimum absolute atomic E-state index is 0.916. The fourth-order valence-corrected chi connectivity index (χ4v) is 3.73. The van der Waals surface area contributed by atoms with Crippen LogP contribution in [-0.4, -0.2) is 0 Å². The first-order chi connectivity index (χ1) is 10.9. The van der Waals surface area contributed by atoms with E-state index in [4.69, 9.17) is 4.42 Å². The molecule has 0 unspecified atom stereocenters. The number of rotatable bonds is 3. The Labute approximate surface area is 137 Å². The Morgan fingerprint density at radius 3 is 1.68 bits per heavy atom. The lowest BCUT2D eigenvalue weighted by atomic mass is 10.1. The zero-order chi connectivity index (χ0) is 14.8. The van der Waals surface area contributed by atoms with E-state index in [-0.39, 0.29) is 0 Å². The maximum Gasteiger partial charge on any atom is 0.371 e. The van der Waals surface area contributed by atoms with E-state index in [2.05, 4.69) is 71.4 Å². The van der Waals surface area contributed by atoms with E-state index in [0.29, 0.717) is 0 Å². The van der Waals surface area contributed by atoms with E-state index in [1.54, 1.807) is 22.7 Å². The highest BCUT2D eigenvalue weighted by Crippen LogP contribution is 2.35. The van der Waals surface area contributed by atoms with Crippen LogP contribution < -0.4 is 0 Å². The van der Waals surface area contributed by atoms with Gasteiger partial charge in [-0.2, -0.15) is 0 Å². The second-order valence-corrected chi connectivity index (χ2v) is 6.79. The summed E-state index contributed by atoms with van der Waals surface area (Å²) < 4.78 is 6.15. The Morgan fingerprint density at radius 2 is 1.18 bits per heavy atom. The van der Waals surface area contributed by atoms with E-state index in [1.807, 2.05) is 6.07 Å². The third-order valence-corrected chi connectivity index (χ3v) is 5.20. The van der Waals surface area contributed by atoms with E-state index >= 15 is 0 Å². The van der Waals surface area contributed by atoms with Crippen LogP contribution in [0.2, 0.25) is 0 Å². The molecule has 0 aliphatic carbocycles. The molecule has 3 aromatic heterocycles. The van der Waals surface area contributed by atoms with E-state index < -0.39 is 0 Å². The smallest absolute Gasteiger partial charge is 0.205 e. The van der Waals surface area contributed by atoms with Crippen LogP contribution in [-0.2, 0) is 0 Å². The summed E-state index contributed by atoms with van der Waals surface area (Å²) in [7, 11) is 0. The highest BCUT2D eigenvalue weighted by Gasteiger charge is 2.21. The summed E-state index contributed by atoms with van der Waals surface area (Å²) in [6.07, 6.45) is 0. The van der Waals surface area contributed by atoms with Gasteiger partial charge in [-0.15, -0.1) is 22.7 Å². The molecule has 0 aliphatic heterocycles. The van der Waals surface area contributed by atoms with Gasteiger partial charge in [0.05, 0.1) is 12.1 Å². The van der Waals surface area contributed by atoms with Crippen LogP contribution in [0.15, 0.2) is 81.9 Å². The monoisotopic (exact) mass is 321 g/mol. The molecule has 0 fully saturated rings. The molecule has 0 spiro atoms. The van der Waals surface area contributed by atoms with Crippen molar-refractivity contribution >= 4 is 22.7 Å². The summed E-state index contributed by atoms with van der Waals surface area (Å²) in [6, 6.07) is 23.0. The van der Waals surface area contributed by atoms with Gasteiger partial charge >= 0.3 is 11.5 Å². The standard InChI is InChI=1S/C19H13OS2/c1-2-6-14(7-3-1)15-12-16(18-8-4-10-21-18)20-17(13-15)19-9-5-11-22-19/h1-13H/q+1. The number of benzene rings is 1. The summed E-state index contributed by atoms with van der Waals surface area (Å²) in [5, 5.41) is 4.15. The average Bonchev–Trinajstić information content (AvgIpc) is 3.29. The highest BCUT2D eigenvalue weighted by molar-refractivity contribution is 7.13. The summed E-state index contributed by atoms with van der Waals surface area (Å²) in [5.41, 5.74) is 2.38. The van der Waals surface area contributed by atoms with Crippen LogP contribution in [0.25, 0.3) is 32.4 Å². The fraction of sp³-hybridized carbons (Fsp3) is 0. The van der Waals surface area contributed by atoms with Gasteiger partial charge in [-0.25, -0.2) is 4.42 Å². The minimum Gasteiger partial charge on any atom is -0.205 e. The van der Waals surface area contributed by atoms with Crippen molar-refractivity contribution < 1.29 is 4.42 Å². The van der Waals surface area contributed by atoms with Crippen LogP contribution in [0.5, 0.6) is 0 Å².